The molecule has 0 heterocycles. The number of hydrogen-bond acceptors (Lipinski definition) is 3. The first-order valence-corrected chi connectivity index (χ1v) is 13.2. The fraction of sp³-hybridized carbons (Fsp3) is 0.148. The molecular weight excluding hydrogens is 468 g/mol. The molecule has 0 unspecified atom stereocenters. The maximum Gasteiger partial charge on any atom is 0.255 e. The molecule has 1 N–H and O–H groups in total. The average molecular weight is 491 g/mol. The Hall–Kier alpha value is -3.35. The van der Waals surface area contributed by atoms with Crippen LogP contribution >= 0.6 is 11.6 Å². The number of aryl methyl sites for hydroxylation is 2. The van der Waals surface area contributed by atoms with Crippen molar-refractivity contribution in [1.82, 2.24) is 0 Å². The molecule has 1 amide bonds. The number of benzene rings is 4. The molecular formula is C27H23ClN2O3S. The summed E-state index contributed by atoms with van der Waals surface area (Å²) in [7, 11) is -3.56. The molecule has 0 spiro atoms. The minimum absolute atomic E-state index is 0.110. The summed E-state index contributed by atoms with van der Waals surface area (Å²) in [4.78, 5) is 13.0. The Bertz CT molecular complexity index is 1500. The molecule has 5 nitrogen and oxygen atoms in total. The molecule has 0 saturated heterocycles. The van der Waals surface area contributed by atoms with Gasteiger partial charge in [0.2, 0.25) is 10.0 Å². The van der Waals surface area contributed by atoms with Gasteiger partial charge in [-0.1, -0.05) is 60.1 Å². The van der Waals surface area contributed by atoms with E-state index in [1.165, 1.54) is 20.8 Å². The second-order valence-corrected chi connectivity index (χ2v) is 10.8. The molecule has 34 heavy (non-hydrogen) atoms. The van der Waals surface area contributed by atoms with Crippen molar-refractivity contribution < 1.29 is 13.2 Å². The predicted molar refractivity (Wildman–Crippen MR) is 138 cm³/mol. The van der Waals surface area contributed by atoms with Crippen molar-refractivity contribution >= 4 is 49.7 Å². The Morgan fingerprint density at radius 3 is 2.32 bits per heavy atom. The van der Waals surface area contributed by atoms with Gasteiger partial charge in [-0.15, -0.1) is 0 Å². The van der Waals surface area contributed by atoms with Crippen molar-refractivity contribution in [2.24, 2.45) is 0 Å². The van der Waals surface area contributed by atoms with Gasteiger partial charge in [-0.2, -0.15) is 0 Å². The van der Waals surface area contributed by atoms with Crippen LogP contribution in [0.1, 0.15) is 27.0 Å². The van der Waals surface area contributed by atoms with Crippen molar-refractivity contribution in [3.8, 4) is 0 Å². The highest BCUT2D eigenvalue weighted by Gasteiger charge is 2.21. The number of carbonyl (C=O) groups is 1. The van der Waals surface area contributed by atoms with Gasteiger partial charge < -0.3 is 5.32 Å². The van der Waals surface area contributed by atoms with Crippen LogP contribution < -0.4 is 9.62 Å². The smallest absolute Gasteiger partial charge is 0.255 e. The second kappa shape index (κ2) is 8.78. The molecule has 4 aromatic carbocycles. The zero-order valence-electron chi connectivity index (χ0n) is 18.6. The zero-order valence-corrected chi connectivity index (χ0v) is 20.2. The summed E-state index contributed by atoms with van der Waals surface area (Å²) in [6.45, 7) is 0.110. The minimum atomic E-state index is -3.56. The third-order valence-electron chi connectivity index (χ3n) is 6.19. The summed E-state index contributed by atoms with van der Waals surface area (Å²) >= 11 is 6.24. The number of para-hydroxylation sites is 1. The molecule has 1 aliphatic rings. The van der Waals surface area contributed by atoms with Crippen molar-refractivity contribution in [3.63, 3.8) is 0 Å². The number of nitrogens with one attached hydrogen (secondary N) is 1. The summed E-state index contributed by atoms with van der Waals surface area (Å²) in [6, 6.07) is 24.0. The number of anilines is 2. The minimum Gasteiger partial charge on any atom is -0.321 e. The van der Waals surface area contributed by atoms with Gasteiger partial charge >= 0.3 is 0 Å². The van der Waals surface area contributed by atoms with E-state index < -0.39 is 10.0 Å². The maximum absolute atomic E-state index is 13.0. The molecule has 0 aromatic heterocycles. The van der Waals surface area contributed by atoms with E-state index >= 15 is 0 Å². The lowest BCUT2D eigenvalue weighted by Gasteiger charge is -2.23. The van der Waals surface area contributed by atoms with E-state index in [1.807, 2.05) is 18.2 Å². The lowest BCUT2D eigenvalue weighted by atomic mass is 10.0. The quantitative estimate of drug-likeness (QED) is 0.371. The van der Waals surface area contributed by atoms with E-state index in [1.54, 1.807) is 48.5 Å². The van der Waals surface area contributed by atoms with Crippen molar-refractivity contribution in [1.29, 1.82) is 0 Å². The standard InChI is InChI=1S/C27H23ClN2O3S/c1-34(32,33)30(25-8-3-2-7-23(25)28)17-18-9-11-21(12-10-18)27(31)29-24-16-15-20-14-13-19-5-4-6-22(24)26(19)20/h2-12,15-16H,13-14,17H2,1H3,(H,29,31). The van der Waals surface area contributed by atoms with Gasteiger partial charge in [0.25, 0.3) is 5.91 Å². The normalized spacial score (nSPS) is 12.6. The summed E-state index contributed by atoms with van der Waals surface area (Å²) in [5, 5.41) is 5.70. The highest BCUT2D eigenvalue weighted by atomic mass is 35.5. The average Bonchev–Trinajstić information content (AvgIpc) is 3.24. The largest absolute Gasteiger partial charge is 0.321 e. The molecule has 0 aliphatic heterocycles. The first kappa shape index (κ1) is 22.4. The van der Waals surface area contributed by atoms with Crippen LogP contribution in [-0.4, -0.2) is 20.6 Å². The van der Waals surface area contributed by atoms with Crippen LogP contribution in [0, 0.1) is 0 Å². The van der Waals surface area contributed by atoms with Gasteiger partial charge in [0.05, 0.1) is 23.5 Å². The Morgan fingerprint density at radius 1 is 0.912 bits per heavy atom. The molecule has 0 radical (unpaired) electrons. The van der Waals surface area contributed by atoms with Crippen LogP contribution in [0.25, 0.3) is 10.8 Å². The van der Waals surface area contributed by atoms with E-state index in [-0.39, 0.29) is 12.5 Å². The third-order valence-corrected chi connectivity index (χ3v) is 7.63. The number of sulfonamides is 1. The Kier molecular flexibility index (Phi) is 5.80. The Morgan fingerprint density at radius 2 is 1.62 bits per heavy atom. The van der Waals surface area contributed by atoms with E-state index in [9.17, 15) is 13.2 Å². The van der Waals surface area contributed by atoms with Crippen molar-refractivity contribution in [3.05, 3.63) is 106 Å². The maximum atomic E-state index is 13.0. The third kappa shape index (κ3) is 4.27. The van der Waals surface area contributed by atoms with Crippen molar-refractivity contribution in [2.45, 2.75) is 19.4 Å². The van der Waals surface area contributed by atoms with Crippen LogP contribution in [-0.2, 0) is 29.4 Å². The molecule has 172 valence electrons. The van der Waals surface area contributed by atoms with Gasteiger partial charge in [0.1, 0.15) is 0 Å². The van der Waals surface area contributed by atoms with Crippen LogP contribution in [0.4, 0.5) is 11.4 Å². The molecule has 5 rings (SSSR count). The summed E-state index contributed by atoms with van der Waals surface area (Å²) in [5.74, 6) is -0.212. The number of hydrogen-bond donors (Lipinski definition) is 1. The van der Waals surface area contributed by atoms with Crippen LogP contribution in [0.5, 0.6) is 0 Å². The fourth-order valence-corrected chi connectivity index (χ4v) is 5.70. The van der Waals surface area contributed by atoms with E-state index in [0.29, 0.717) is 16.3 Å². The molecule has 0 atom stereocenters. The predicted octanol–water partition coefficient (Wildman–Crippen LogP) is 5.81. The topological polar surface area (TPSA) is 66.5 Å². The van der Waals surface area contributed by atoms with E-state index in [0.717, 1.165) is 35.7 Å². The van der Waals surface area contributed by atoms with Crippen LogP contribution in [0.2, 0.25) is 5.02 Å². The number of amides is 1. The number of halogens is 1. The zero-order chi connectivity index (χ0) is 23.9. The highest BCUT2D eigenvalue weighted by molar-refractivity contribution is 7.92. The Balaban J connectivity index is 1.37. The highest BCUT2D eigenvalue weighted by Crippen LogP contribution is 2.35. The molecule has 0 fully saturated rings. The molecule has 7 heteroatoms. The molecule has 4 aromatic rings. The van der Waals surface area contributed by atoms with Gasteiger partial charge in [0, 0.05) is 16.6 Å². The molecule has 1 aliphatic carbocycles. The first-order chi connectivity index (χ1) is 16.3. The van der Waals surface area contributed by atoms with Gasteiger partial charge in [-0.25, -0.2) is 8.42 Å². The van der Waals surface area contributed by atoms with Crippen LogP contribution in [0.3, 0.4) is 0 Å². The van der Waals surface area contributed by atoms with Gasteiger partial charge in [0.15, 0.2) is 0 Å². The second-order valence-electron chi connectivity index (χ2n) is 8.48. The Labute approximate surface area is 204 Å². The van der Waals surface area contributed by atoms with Crippen LogP contribution in [0.15, 0.2) is 78.9 Å². The fourth-order valence-electron chi connectivity index (χ4n) is 4.51. The molecule has 0 saturated carbocycles. The summed E-state index contributed by atoms with van der Waals surface area (Å²) < 4.78 is 26.1. The monoisotopic (exact) mass is 490 g/mol. The summed E-state index contributed by atoms with van der Waals surface area (Å²) in [5.41, 5.74) is 5.09. The van der Waals surface area contributed by atoms with Gasteiger partial charge in [-0.3, -0.25) is 9.10 Å². The molecule has 0 bridgehead atoms. The lowest BCUT2D eigenvalue weighted by molar-refractivity contribution is 0.102. The number of rotatable bonds is 6. The van der Waals surface area contributed by atoms with E-state index in [2.05, 4.69) is 17.4 Å². The number of nitrogens with zero attached hydrogens (tertiary/aromatic N) is 1. The lowest BCUT2D eigenvalue weighted by Crippen LogP contribution is -2.29. The first-order valence-electron chi connectivity index (χ1n) is 11.0. The van der Waals surface area contributed by atoms with E-state index in [4.69, 9.17) is 11.6 Å². The summed E-state index contributed by atoms with van der Waals surface area (Å²) in [6.07, 6.45) is 3.21. The SMILES string of the molecule is CS(=O)(=O)N(Cc1ccc(C(=O)Nc2ccc3c4c(cccc24)CC3)cc1)c1ccccc1Cl. The van der Waals surface area contributed by atoms with Crippen molar-refractivity contribution in [2.75, 3.05) is 15.9 Å². The van der Waals surface area contributed by atoms with Gasteiger partial charge in [-0.05, 0) is 65.3 Å². The number of carbonyl (C=O) groups excluding carboxylic acids is 1.